The number of ether oxygens (including phenoxy) is 1. The molecule has 1 aromatic heterocycles. The van der Waals surface area contributed by atoms with Crippen LogP contribution in [0.1, 0.15) is 31.2 Å². The van der Waals surface area contributed by atoms with Crippen molar-refractivity contribution in [3.63, 3.8) is 0 Å². The Morgan fingerprint density at radius 3 is 2.57 bits per heavy atom. The maximum Gasteiger partial charge on any atom is 0.250 e. The van der Waals surface area contributed by atoms with Crippen molar-refractivity contribution < 1.29 is 18.8 Å². The van der Waals surface area contributed by atoms with E-state index in [0.29, 0.717) is 23.0 Å². The second-order valence-electron chi connectivity index (χ2n) is 7.99. The molecule has 3 heterocycles. The third-order valence-electron chi connectivity index (χ3n) is 5.96. The Morgan fingerprint density at radius 1 is 1.25 bits per heavy atom. The fourth-order valence-corrected chi connectivity index (χ4v) is 5.78. The Bertz CT molecular complexity index is 920. The third kappa shape index (κ3) is 3.74. The monoisotopic (exact) mass is 419 g/mol. The number of quaternary nitrogens is 1. The van der Waals surface area contributed by atoms with Crippen molar-refractivity contribution in [3.8, 4) is 0 Å². The molecule has 2 aliphatic heterocycles. The molecule has 7 heteroatoms. The number of fused-ring (bicyclic) bond motifs is 1. The molecule has 0 radical (unpaired) electrons. The zero-order valence-corrected chi connectivity index (χ0v) is 17.4. The van der Waals surface area contributed by atoms with Gasteiger partial charge in [0.05, 0.1) is 24.0 Å². The molecule has 1 amide bonds. The number of likely N-dealkylation sites (N-methyl/N-ethyl adjacent to an activating group) is 1. The summed E-state index contributed by atoms with van der Waals surface area (Å²) in [6.07, 6.45) is 1.39. The van der Waals surface area contributed by atoms with Crippen molar-refractivity contribution >= 4 is 34.6 Å². The van der Waals surface area contributed by atoms with E-state index in [-0.39, 0.29) is 12.2 Å². The lowest BCUT2D eigenvalue weighted by Crippen LogP contribution is -2.62. The van der Waals surface area contributed by atoms with Gasteiger partial charge in [-0.3, -0.25) is 9.59 Å². The van der Waals surface area contributed by atoms with Crippen molar-refractivity contribution in [1.82, 2.24) is 0 Å². The number of ketones is 1. The number of hydrogen-bond acceptors (Lipinski definition) is 4. The number of nitrogens with two attached hydrogens (primary N) is 1. The predicted molar refractivity (Wildman–Crippen MR) is 110 cm³/mol. The lowest BCUT2D eigenvalue weighted by atomic mass is 9.96. The van der Waals surface area contributed by atoms with E-state index in [9.17, 15) is 9.59 Å². The first-order valence-electron chi connectivity index (χ1n) is 9.47. The van der Waals surface area contributed by atoms with E-state index in [2.05, 4.69) is 7.05 Å². The number of carbonyl (C=O) groups excluding carboxylic acids is 2. The maximum absolute atomic E-state index is 12.6. The van der Waals surface area contributed by atoms with Gasteiger partial charge in [-0.2, -0.15) is 0 Å². The number of halogens is 1. The number of thiophene rings is 1. The first kappa shape index (κ1) is 19.6. The van der Waals surface area contributed by atoms with Gasteiger partial charge in [0.15, 0.2) is 0 Å². The van der Waals surface area contributed by atoms with E-state index in [0.717, 1.165) is 53.2 Å². The van der Waals surface area contributed by atoms with Crippen LogP contribution in [-0.4, -0.2) is 49.0 Å². The normalized spacial score (nSPS) is 21.8. The van der Waals surface area contributed by atoms with Gasteiger partial charge in [-0.15, -0.1) is 11.3 Å². The average Bonchev–Trinajstić information content (AvgIpc) is 2.91. The van der Waals surface area contributed by atoms with E-state index < -0.39 is 5.91 Å². The van der Waals surface area contributed by atoms with Crippen molar-refractivity contribution in [2.45, 2.75) is 31.8 Å². The van der Waals surface area contributed by atoms with Gasteiger partial charge in [-0.1, -0.05) is 23.7 Å². The van der Waals surface area contributed by atoms with Crippen LogP contribution in [0.3, 0.4) is 0 Å². The van der Waals surface area contributed by atoms with Crippen molar-refractivity contribution in [3.05, 3.63) is 55.7 Å². The highest BCUT2D eigenvalue weighted by atomic mass is 35.5. The van der Waals surface area contributed by atoms with Crippen LogP contribution < -0.4 is 5.73 Å². The number of primary amides is 1. The molecule has 1 saturated heterocycles. The van der Waals surface area contributed by atoms with Crippen LogP contribution in [0.2, 0.25) is 5.02 Å². The molecule has 0 saturated carbocycles. The van der Waals surface area contributed by atoms with Crippen LogP contribution >= 0.6 is 22.9 Å². The largest absolute Gasteiger partial charge is 0.369 e. The summed E-state index contributed by atoms with van der Waals surface area (Å²) in [5, 5.41) is 0.649. The molecular weight excluding hydrogens is 396 g/mol. The Balaban J connectivity index is 1.55. The first-order chi connectivity index (χ1) is 13.4. The number of rotatable bonds is 6. The number of Topliss-reactive ketones (excluding diaryl/α,β-unsaturated/α-hetero) is 1. The van der Waals surface area contributed by atoms with Crippen molar-refractivity contribution in [1.29, 1.82) is 0 Å². The lowest BCUT2D eigenvalue weighted by molar-refractivity contribution is -0.955. The van der Waals surface area contributed by atoms with Gasteiger partial charge in [0.1, 0.15) is 31.6 Å². The molecule has 0 aliphatic carbocycles. The van der Waals surface area contributed by atoms with Gasteiger partial charge < -0.3 is 15.0 Å². The quantitative estimate of drug-likeness (QED) is 0.732. The van der Waals surface area contributed by atoms with Gasteiger partial charge in [-0.25, -0.2) is 0 Å². The summed E-state index contributed by atoms with van der Waals surface area (Å²) in [6.45, 7) is 3.44. The number of hydrogen-bond donors (Lipinski definition) is 1. The van der Waals surface area contributed by atoms with Crippen LogP contribution in [0, 0.1) is 0 Å². The van der Waals surface area contributed by atoms with E-state index in [1.807, 2.05) is 12.1 Å². The van der Waals surface area contributed by atoms with E-state index in [4.69, 9.17) is 22.1 Å². The van der Waals surface area contributed by atoms with Gasteiger partial charge >= 0.3 is 0 Å². The molecule has 4 rings (SSSR count). The highest BCUT2D eigenvalue weighted by Crippen LogP contribution is 2.37. The van der Waals surface area contributed by atoms with Crippen LogP contribution in [0.5, 0.6) is 0 Å². The highest BCUT2D eigenvalue weighted by Gasteiger charge is 2.42. The number of amides is 1. The summed E-state index contributed by atoms with van der Waals surface area (Å²) in [4.78, 5) is 26.8. The van der Waals surface area contributed by atoms with Crippen LogP contribution in [0.4, 0.5) is 0 Å². The molecule has 0 spiro atoms. The molecule has 0 bridgehead atoms. The molecule has 2 aromatic rings. The third-order valence-corrected chi connectivity index (χ3v) is 7.43. The van der Waals surface area contributed by atoms with Gasteiger partial charge in [-0.05, 0) is 23.3 Å². The zero-order chi connectivity index (χ0) is 19.9. The topological polar surface area (TPSA) is 69.4 Å². The fourth-order valence-electron chi connectivity index (χ4n) is 4.11. The summed E-state index contributed by atoms with van der Waals surface area (Å²) in [5.41, 5.74) is 8.27. The number of benzene rings is 1. The fraction of sp³-hybridized carbons (Fsp3) is 0.429. The Morgan fingerprint density at radius 2 is 1.96 bits per heavy atom. The number of nitrogens with zero attached hydrogens (tertiary/aromatic N) is 1. The van der Waals surface area contributed by atoms with Crippen molar-refractivity contribution in [2.24, 2.45) is 5.73 Å². The van der Waals surface area contributed by atoms with E-state index >= 15 is 0 Å². The number of carbonyl (C=O) groups is 2. The molecule has 148 valence electrons. The summed E-state index contributed by atoms with van der Waals surface area (Å²) >= 11 is 7.49. The van der Waals surface area contributed by atoms with Gasteiger partial charge in [0.2, 0.25) is 5.91 Å². The molecule has 2 N–H and O–H groups in total. The second kappa shape index (κ2) is 7.59. The van der Waals surface area contributed by atoms with Crippen LogP contribution in [0.25, 0.3) is 0 Å². The van der Waals surface area contributed by atoms with Gasteiger partial charge in [0.25, 0.3) is 0 Å². The minimum absolute atomic E-state index is 0.0769. The van der Waals surface area contributed by atoms with E-state index in [1.165, 1.54) is 4.88 Å². The summed E-state index contributed by atoms with van der Waals surface area (Å²) in [6, 6.07) is 7.80. The van der Waals surface area contributed by atoms with Crippen LogP contribution in [0.15, 0.2) is 24.3 Å². The second-order valence-corrected chi connectivity index (χ2v) is 9.61. The van der Waals surface area contributed by atoms with Crippen LogP contribution in [-0.2, 0) is 35.3 Å². The molecule has 28 heavy (non-hydrogen) atoms. The standard InChI is InChI=1S/C21H23ClN2O3S/c1-24(15-11-27-12-15)7-6-17-19(10-24)28-18(20(17)21(23)26)9-16(25)8-13-2-4-14(22)5-3-13/h2-5,15H,6-12H2,1H3,(H-,23,26)/p+1. The zero-order valence-electron chi connectivity index (χ0n) is 15.9. The molecule has 1 unspecified atom stereocenters. The smallest absolute Gasteiger partial charge is 0.250 e. The van der Waals surface area contributed by atoms with Gasteiger partial charge in [0, 0.05) is 29.2 Å². The minimum Gasteiger partial charge on any atom is -0.369 e. The Hall–Kier alpha value is -1.73. The predicted octanol–water partition coefficient (Wildman–Crippen LogP) is 2.76. The lowest BCUT2D eigenvalue weighted by Gasteiger charge is -2.47. The first-order valence-corrected chi connectivity index (χ1v) is 10.7. The summed E-state index contributed by atoms with van der Waals surface area (Å²) in [7, 11) is 2.26. The maximum atomic E-state index is 12.6. The molecule has 1 aromatic carbocycles. The summed E-state index contributed by atoms with van der Waals surface area (Å²) in [5.74, 6) is -0.345. The van der Waals surface area contributed by atoms with E-state index in [1.54, 1.807) is 23.5 Å². The molecule has 1 atom stereocenters. The Labute approximate surface area is 173 Å². The summed E-state index contributed by atoms with van der Waals surface area (Å²) < 4.78 is 6.32. The minimum atomic E-state index is -0.421. The average molecular weight is 420 g/mol. The SMILES string of the molecule is C[N+]1(C2COC2)CCc2c(sc(CC(=O)Cc3ccc(Cl)cc3)c2C(N)=O)C1. The highest BCUT2D eigenvalue weighted by molar-refractivity contribution is 7.12. The molecule has 1 fully saturated rings. The van der Waals surface area contributed by atoms with Crippen molar-refractivity contribution in [2.75, 3.05) is 26.8 Å². The Kier molecular flexibility index (Phi) is 5.31. The molecule has 2 aliphatic rings. The molecular formula is C21H24ClN2O3S+. The molecule has 5 nitrogen and oxygen atoms in total.